The van der Waals surface area contributed by atoms with Crippen LogP contribution >= 0.6 is 0 Å². The number of carboxylic acid groups (broad SMARTS) is 1. The van der Waals surface area contributed by atoms with Crippen molar-refractivity contribution < 1.29 is 14.3 Å². The predicted molar refractivity (Wildman–Crippen MR) is 85.7 cm³/mol. The highest BCUT2D eigenvalue weighted by molar-refractivity contribution is 5.98. The van der Waals surface area contributed by atoms with Gasteiger partial charge in [0.1, 0.15) is 10.5 Å². The largest absolute Gasteiger partial charge is 0.478 e. The van der Waals surface area contributed by atoms with E-state index in [0.717, 1.165) is 19.3 Å². The minimum atomic E-state index is -0.850. The van der Waals surface area contributed by atoms with Crippen molar-refractivity contribution in [1.29, 1.82) is 0 Å². The summed E-state index contributed by atoms with van der Waals surface area (Å²) in [5, 5.41) is 9.16. The quantitative estimate of drug-likeness (QED) is 0.644. The molecule has 2 unspecified atom stereocenters. The Bertz CT molecular complexity index is 406. The van der Waals surface area contributed by atoms with Crippen LogP contribution in [0.5, 0.6) is 0 Å². The zero-order valence-corrected chi connectivity index (χ0v) is 16.0. The maximum Gasteiger partial charge on any atom is 0.331 e. The molecule has 20 heavy (non-hydrogen) atoms. The molecule has 0 saturated heterocycles. The Balaban J connectivity index is 3.12. The first kappa shape index (κ1) is 17.4. The Labute approximate surface area is 126 Å². The molecule has 0 aromatic rings. The van der Waals surface area contributed by atoms with Crippen molar-refractivity contribution in [2.24, 2.45) is 16.7 Å². The number of aliphatic carboxylic acids is 1. The van der Waals surface area contributed by atoms with Gasteiger partial charge in [0, 0.05) is 5.57 Å². The van der Waals surface area contributed by atoms with Gasteiger partial charge >= 0.3 is 5.97 Å². The Kier molecular flexibility index (Phi) is 4.92. The van der Waals surface area contributed by atoms with Gasteiger partial charge in [-0.2, -0.15) is 0 Å². The van der Waals surface area contributed by atoms with Crippen LogP contribution in [0.2, 0.25) is 0 Å². The average Bonchev–Trinajstić information content (AvgIpc) is 2.29. The monoisotopic (exact) mass is 298 g/mol. The summed E-state index contributed by atoms with van der Waals surface area (Å²) in [6, 6.07) is 0. The summed E-state index contributed by atoms with van der Waals surface area (Å²) in [6.07, 6.45) is 4.94. The van der Waals surface area contributed by atoms with E-state index in [4.69, 9.17) is 9.53 Å². The Morgan fingerprint density at radius 2 is 1.95 bits per heavy atom. The lowest BCUT2D eigenvalue weighted by molar-refractivity contribution is -0.133. The van der Waals surface area contributed by atoms with E-state index >= 15 is 0 Å². The van der Waals surface area contributed by atoms with Crippen molar-refractivity contribution in [3.8, 4) is 0 Å². The van der Waals surface area contributed by atoms with Crippen molar-refractivity contribution in [2.45, 2.75) is 66.4 Å². The molecular weight excluding hydrogens is 268 g/mol. The fraction of sp³-hybridized carbons (Fsp3) is 0.812. The van der Waals surface area contributed by atoms with Gasteiger partial charge in [-0.15, -0.1) is 0 Å². The molecule has 3 nitrogen and oxygen atoms in total. The van der Waals surface area contributed by atoms with Gasteiger partial charge in [0.2, 0.25) is 0 Å². The molecule has 0 spiro atoms. The smallest absolute Gasteiger partial charge is 0.331 e. The number of rotatable bonds is 3. The van der Waals surface area contributed by atoms with Crippen molar-refractivity contribution in [1.82, 2.24) is 0 Å². The molecule has 1 saturated carbocycles. The number of carboxylic acids is 1. The summed E-state index contributed by atoms with van der Waals surface area (Å²) in [5.41, 5.74) is 0.230. The molecule has 0 aromatic heterocycles. The highest BCUT2D eigenvalue weighted by atomic mass is 28.2. The van der Waals surface area contributed by atoms with Gasteiger partial charge in [0.15, 0.2) is 0 Å². The van der Waals surface area contributed by atoms with Gasteiger partial charge < -0.3 is 9.53 Å². The van der Waals surface area contributed by atoms with Crippen LogP contribution in [0.3, 0.4) is 0 Å². The second-order valence-corrected chi connectivity index (χ2v) is 8.32. The molecule has 0 radical (unpaired) electrons. The van der Waals surface area contributed by atoms with Gasteiger partial charge in [0.05, 0.1) is 5.60 Å². The molecule has 116 valence electrons. The Morgan fingerprint density at radius 1 is 1.40 bits per heavy atom. The first-order chi connectivity index (χ1) is 8.95. The summed E-state index contributed by atoms with van der Waals surface area (Å²) in [4.78, 5) is 11.2. The maximum atomic E-state index is 11.2. The summed E-state index contributed by atoms with van der Waals surface area (Å²) in [7, 11) is 0.621. The van der Waals surface area contributed by atoms with Gasteiger partial charge in [-0.3, -0.25) is 0 Å². The first-order valence-corrected chi connectivity index (χ1v) is 8.25. The summed E-state index contributed by atoms with van der Waals surface area (Å²) in [5.74, 6) is -0.196. The van der Waals surface area contributed by atoms with Crippen molar-refractivity contribution in [2.75, 3.05) is 0 Å². The molecule has 1 fully saturated rings. The van der Waals surface area contributed by atoms with Crippen LogP contribution < -0.4 is 0 Å². The molecule has 4 heteroatoms. The third-order valence-corrected chi connectivity index (χ3v) is 5.87. The minimum Gasteiger partial charge on any atom is -0.478 e. The van der Waals surface area contributed by atoms with E-state index in [2.05, 4.69) is 34.6 Å². The summed E-state index contributed by atoms with van der Waals surface area (Å²) >= 11 is 0. The normalized spacial score (nSPS) is 31.3. The van der Waals surface area contributed by atoms with Crippen LogP contribution in [-0.4, -0.2) is 27.2 Å². The van der Waals surface area contributed by atoms with E-state index in [1.54, 1.807) is 6.92 Å². The molecule has 2 atom stereocenters. The van der Waals surface area contributed by atoms with Gasteiger partial charge in [-0.05, 0) is 49.0 Å². The van der Waals surface area contributed by atoms with E-state index in [0.29, 0.717) is 27.4 Å². The van der Waals surface area contributed by atoms with Crippen molar-refractivity contribution in [3.63, 3.8) is 0 Å². The highest BCUT2D eigenvalue weighted by Gasteiger charge is 2.49. The molecule has 0 bridgehead atoms. The fourth-order valence-electron chi connectivity index (χ4n) is 3.47. The topological polar surface area (TPSA) is 46.5 Å². The van der Waals surface area contributed by atoms with Gasteiger partial charge in [-0.1, -0.05) is 34.6 Å². The highest BCUT2D eigenvalue weighted by Crippen LogP contribution is 2.53. The third kappa shape index (κ3) is 3.34. The number of hydrogen-bond acceptors (Lipinski definition) is 2. The van der Waals surface area contributed by atoms with Crippen molar-refractivity contribution in [3.05, 3.63) is 11.6 Å². The number of hydrogen-bond donors (Lipinski definition) is 1. The first-order valence-electron chi connectivity index (χ1n) is 7.43. The van der Waals surface area contributed by atoms with Crippen LogP contribution in [0.4, 0.5) is 0 Å². The lowest BCUT2D eigenvalue weighted by Crippen LogP contribution is -2.51. The second kappa shape index (κ2) is 5.64. The van der Waals surface area contributed by atoms with Crippen molar-refractivity contribution >= 4 is 16.5 Å². The molecule has 0 aromatic carbocycles. The Hall–Kier alpha value is -0.613. The molecule has 1 N–H and O–H groups in total. The van der Waals surface area contributed by atoms with E-state index in [1.165, 1.54) is 0 Å². The Morgan fingerprint density at radius 3 is 2.30 bits per heavy atom. The molecule has 1 aliphatic rings. The lowest BCUT2D eigenvalue weighted by Gasteiger charge is -2.53. The maximum absolute atomic E-state index is 11.2. The zero-order valence-electron chi connectivity index (χ0n) is 14.0. The summed E-state index contributed by atoms with van der Waals surface area (Å²) in [6.45, 7) is 13.0. The molecule has 0 heterocycles. The van der Waals surface area contributed by atoms with Gasteiger partial charge in [0.25, 0.3) is 0 Å². The minimum absolute atomic E-state index is 0.0400. The molecular formula is C16H30O3Si. The SMILES string of the molecule is CC(=CC1(O[SiH3])CCC(C(C)(C)C)CC1(C)C)C(=O)O. The molecule has 0 aliphatic heterocycles. The summed E-state index contributed by atoms with van der Waals surface area (Å²) < 4.78 is 5.98. The standard InChI is InChI=1S/C16H30O3Si/c1-11(13(17)18)9-16(19-20)8-7-12(14(2,3)4)10-15(16,5)6/h9,12H,7-8,10H2,1-6,20H3,(H,17,18). The lowest BCUT2D eigenvalue weighted by atomic mass is 9.57. The van der Waals surface area contributed by atoms with E-state index in [9.17, 15) is 4.79 Å². The van der Waals surface area contributed by atoms with Crippen LogP contribution in [0, 0.1) is 16.7 Å². The zero-order chi connectivity index (χ0) is 15.8. The van der Waals surface area contributed by atoms with Crippen LogP contribution in [0.15, 0.2) is 11.6 Å². The molecule has 1 aliphatic carbocycles. The van der Waals surface area contributed by atoms with Gasteiger partial charge in [-0.25, -0.2) is 4.79 Å². The predicted octanol–water partition coefficient (Wildman–Crippen LogP) is 2.93. The molecule has 0 amide bonds. The van der Waals surface area contributed by atoms with Crippen LogP contribution in [0.25, 0.3) is 0 Å². The van der Waals surface area contributed by atoms with Crippen LogP contribution in [0.1, 0.15) is 60.8 Å². The fourth-order valence-corrected chi connectivity index (χ4v) is 4.35. The van der Waals surface area contributed by atoms with E-state index in [-0.39, 0.29) is 5.41 Å². The van der Waals surface area contributed by atoms with Crippen LogP contribution in [-0.2, 0) is 9.22 Å². The average molecular weight is 298 g/mol. The number of carbonyl (C=O) groups is 1. The van der Waals surface area contributed by atoms with E-state index in [1.807, 2.05) is 6.08 Å². The third-order valence-electron chi connectivity index (χ3n) is 5.14. The second-order valence-electron chi connectivity index (χ2n) is 7.92. The van der Waals surface area contributed by atoms with E-state index < -0.39 is 11.6 Å². The molecule has 1 rings (SSSR count).